The summed E-state index contributed by atoms with van der Waals surface area (Å²) in [5, 5.41) is 0. The fourth-order valence-electron chi connectivity index (χ4n) is 3.97. The van der Waals surface area contributed by atoms with Crippen molar-refractivity contribution in [3.63, 3.8) is 0 Å². The van der Waals surface area contributed by atoms with Crippen molar-refractivity contribution in [1.82, 2.24) is 14.8 Å². The third-order valence-corrected chi connectivity index (χ3v) is 5.35. The van der Waals surface area contributed by atoms with Crippen molar-refractivity contribution in [2.24, 2.45) is 5.92 Å². The van der Waals surface area contributed by atoms with Crippen LogP contribution in [0, 0.1) is 5.92 Å². The molecule has 3 aliphatic rings. The molecule has 2 bridgehead atoms. The lowest BCUT2D eigenvalue weighted by Gasteiger charge is -2.36. The number of piperidine rings is 1. The largest absolute Gasteiger partial charge is 0.484 e. The summed E-state index contributed by atoms with van der Waals surface area (Å²) in [5.74, 6) is 1.02. The molecule has 5 rings (SSSR count). The van der Waals surface area contributed by atoms with E-state index in [1.165, 1.54) is 0 Å². The molecule has 4 heterocycles. The van der Waals surface area contributed by atoms with E-state index < -0.39 is 0 Å². The smallest absolute Gasteiger partial charge is 0.260 e. The fraction of sp³-hybridized carbons (Fsp3) is 0.381. The Kier molecular flexibility index (Phi) is 5.05. The van der Waals surface area contributed by atoms with Crippen LogP contribution in [0.25, 0.3) is 0 Å². The molecule has 140 valence electrons. The lowest BCUT2D eigenvalue weighted by atomic mass is 9.95. The van der Waals surface area contributed by atoms with Gasteiger partial charge in [-0.25, -0.2) is 0 Å². The van der Waals surface area contributed by atoms with E-state index in [0.717, 1.165) is 12.8 Å². The average Bonchev–Trinajstić information content (AvgIpc) is 3.05. The number of benzene rings is 1. The van der Waals surface area contributed by atoms with Crippen LogP contribution in [-0.4, -0.2) is 58.9 Å². The summed E-state index contributed by atoms with van der Waals surface area (Å²) < 4.78 is 5.63. The highest BCUT2D eigenvalue weighted by atomic mass is 16.5. The zero-order chi connectivity index (χ0) is 18.6. The number of nitrogens with zero attached hydrogens (tertiary/aromatic N) is 3. The van der Waals surface area contributed by atoms with Gasteiger partial charge >= 0.3 is 0 Å². The predicted octanol–water partition coefficient (Wildman–Crippen LogP) is 2.22. The van der Waals surface area contributed by atoms with Crippen molar-refractivity contribution in [3.05, 3.63) is 60.4 Å². The highest BCUT2D eigenvalue weighted by molar-refractivity contribution is 5.94. The molecule has 6 nitrogen and oxygen atoms in total. The Labute approximate surface area is 158 Å². The van der Waals surface area contributed by atoms with Gasteiger partial charge in [-0.1, -0.05) is 18.2 Å². The molecule has 1 aromatic heterocycles. The molecule has 2 aromatic rings. The molecule has 3 fully saturated rings. The highest BCUT2D eigenvalue weighted by Crippen LogP contribution is 2.29. The van der Waals surface area contributed by atoms with Crippen LogP contribution in [0.3, 0.4) is 0 Å². The molecule has 0 aliphatic carbocycles. The van der Waals surface area contributed by atoms with Gasteiger partial charge in [-0.15, -0.1) is 0 Å². The average molecular weight is 365 g/mol. The third-order valence-electron chi connectivity index (χ3n) is 5.35. The predicted molar refractivity (Wildman–Crippen MR) is 100 cm³/mol. The second kappa shape index (κ2) is 7.78. The number of amides is 2. The molecule has 3 saturated heterocycles. The van der Waals surface area contributed by atoms with Crippen LogP contribution in [0.15, 0.2) is 54.9 Å². The number of fused-ring (bicyclic) bond motifs is 4. The Morgan fingerprint density at radius 1 is 1.00 bits per heavy atom. The monoisotopic (exact) mass is 365 g/mol. The van der Waals surface area contributed by atoms with E-state index in [4.69, 9.17) is 4.74 Å². The molecule has 6 heteroatoms. The third kappa shape index (κ3) is 3.94. The minimum atomic E-state index is -0.00763. The van der Waals surface area contributed by atoms with Crippen LogP contribution in [0.1, 0.15) is 23.2 Å². The first-order valence-electron chi connectivity index (χ1n) is 9.37. The minimum Gasteiger partial charge on any atom is -0.484 e. The van der Waals surface area contributed by atoms with Gasteiger partial charge in [0.05, 0.1) is 0 Å². The molecule has 3 aliphatic heterocycles. The molecule has 0 radical (unpaired) electrons. The van der Waals surface area contributed by atoms with Crippen LogP contribution in [0.5, 0.6) is 5.75 Å². The Balaban J connectivity index is 1.42. The van der Waals surface area contributed by atoms with Crippen molar-refractivity contribution in [3.8, 4) is 5.75 Å². The molecule has 2 atom stereocenters. The topological polar surface area (TPSA) is 62.7 Å². The van der Waals surface area contributed by atoms with Gasteiger partial charge in [-0.3, -0.25) is 14.6 Å². The number of pyridine rings is 1. The Morgan fingerprint density at radius 2 is 1.78 bits per heavy atom. The van der Waals surface area contributed by atoms with Crippen molar-refractivity contribution in [1.29, 1.82) is 0 Å². The van der Waals surface area contributed by atoms with Crippen LogP contribution >= 0.6 is 0 Å². The standard InChI is InChI=1S/C21H23N3O3/c25-20(15-27-19-4-2-1-3-5-19)24-13-16-6-7-18(24)14-23(12-16)21(26)17-8-10-22-11-9-17/h1-5,8-11,16,18H,6-7,12-15H2/t16-,18+/m1/s1. The maximum atomic E-state index is 12.8. The Morgan fingerprint density at radius 3 is 2.56 bits per heavy atom. The van der Waals surface area contributed by atoms with Gasteiger partial charge in [-0.2, -0.15) is 0 Å². The Bertz CT molecular complexity index is 797. The van der Waals surface area contributed by atoms with Gasteiger partial charge in [0.1, 0.15) is 5.75 Å². The molecule has 0 spiro atoms. The Hall–Kier alpha value is -2.89. The summed E-state index contributed by atoms with van der Waals surface area (Å²) in [6, 6.07) is 12.9. The zero-order valence-corrected chi connectivity index (χ0v) is 15.2. The fourth-order valence-corrected chi connectivity index (χ4v) is 3.97. The van der Waals surface area contributed by atoms with E-state index in [1.54, 1.807) is 24.5 Å². The number of para-hydroxylation sites is 1. The molecule has 0 unspecified atom stereocenters. The summed E-state index contributed by atoms with van der Waals surface area (Å²) in [5.41, 5.74) is 0.650. The van der Waals surface area contributed by atoms with E-state index in [1.807, 2.05) is 40.1 Å². The second-order valence-electron chi connectivity index (χ2n) is 7.19. The molecule has 2 amide bonds. The van der Waals surface area contributed by atoms with Crippen LogP contribution in [0.2, 0.25) is 0 Å². The second-order valence-corrected chi connectivity index (χ2v) is 7.19. The van der Waals surface area contributed by atoms with Gasteiger partial charge in [-0.05, 0) is 43.0 Å². The molecular formula is C21H23N3O3. The summed E-state index contributed by atoms with van der Waals surface area (Å²) >= 11 is 0. The maximum absolute atomic E-state index is 12.8. The van der Waals surface area contributed by atoms with Gasteiger partial charge in [0, 0.05) is 43.6 Å². The van der Waals surface area contributed by atoms with Crippen molar-refractivity contribution in [2.45, 2.75) is 18.9 Å². The first-order valence-corrected chi connectivity index (χ1v) is 9.37. The van der Waals surface area contributed by atoms with Crippen molar-refractivity contribution >= 4 is 11.8 Å². The van der Waals surface area contributed by atoms with E-state index in [2.05, 4.69) is 4.98 Å². The van der Waals surface area contributed by atoms with Gasteiger partial charge in [0.25, 0.3) is 11.8 Å². The quantitative estimate of drug-likeness (QED) is 0.834. The molecule has 1 aromatic carbocycles. The lowest BCUT2D eigenvalue weighted by Crippen LogP contribution is -2.49. The number of ether oxygens (including phenoxy) is 1. The summed E-state index contributed by atoms with van der Waals surface area (Å²) in [7, 11) is 0. The van der Waals surface area contributed by atoms with E-state index >= 15 is 0 Å². The summed E-state index contributed by atoms with van der Waals surface area (Å²) in [6.45, 7) is 2.00. The number of rotatable bonds is 4. The number of hydrogen-bond acceptors (Lipinski definition) is 4. The highest BCUT2D eigenvalue weighted by Gasteiger charge is 2.38. The van der Waals surface area contributed by atoms with Gasteiger partial charge < -0.3 is 14.5 Å². The maximum Gasteiger partial charge on any atom is 0.260 e. The normalized spacial score (nSPS) is 21.6. The van der Waals surface area contributed by atoms with Gasteiger partial charge in [0.15, 0.2) is 6.61 Å². The van der Waals surface area contributed by atoms with Crippen LogP contribution in [0.4, 0.5) is 0 Å². The SMILES string of the molecule is O=C(c1ccncc1)N1C[C@H]2CC[C@@H](C1)N(C(=O)COc1ccccc1)C2. The van der Waals surface area contributed by atoms with Crippen molar-refractivity contribution < 1.29 is 14.3 Å². The van der Waals surface area contributed by atoms with Crippen molar-refractivity contribution in [2.75, 3.05) is 26.2 Å². The number of hydrogen-bond donors (Lipinski definition) is 0. The van der Waals surface area contributed by atoms with E-state index in [-0.39, 0.29) is 24.5 Å². The van der Waals surface area contributed by atoms with Gasteiger partial charge in [0.2, 0.25) is 0 Å². The first-order chi connectivity index (χ1) is 13.2. The van der Waals surface area contributed by atoms with Crippen LogP contribution in [-0.2, 0) is 4.79 Å². The van der Waals surface area contributed by atoms with Crippen LogP contribution < -0.4 is 4.74 Å². The summed E-state index contributed by atoms with van der Waals surface area (Å²) in [4.78, 5) is 33.4. The number of aromatic nitrogens is 1. The number of carbonyl (C=O) groups excluding carboxylic acids is 2. The van der Waals surface area contributed by atoms with E-state index in [9.17, 15) is 9.59 Å². The molecule has 0 saturated carbocycles. The lowest BCUT2D eigenvalue weighted by molar-refractivity contribution is -0.137. The first kappa shape index (κ1) is 17.5. The molecular weight excluding hydrogens is 342 g/mol. The summed E-state index contributed by atoms with van der Waals surface area (Å²) in [6.07, 6.45) is 5.25. The van der Waals surface area contributed by atoms with E-state index in [0.29, 0.717) is 36.9 Å². The minimum absolute atomic E-state index is 0.00763. The molecule has 27 heavy (non-hydrogen) atoms. The number of carbonyl (C=O) groups is 2. The zero-order valence-electron chi connectivity index (χ0n) is 15.2. The molecule has 0 N–H and O–H groups in total.